The maximum atomic E-state index is 7.38. The van der Waals surface area contributed by atoms with Crippen molar-refractivity contribution in [1.82, 2.24) is 0 Å². The Labute approximate surface area is 69.8 Å². The molecule has 0 fully saturated rings. The summed E-state index contributed by atoms with van der Waals surface area (Å²) in [4.78, 5) is 0. The van der Waals surface area contributed by atoms with Gasteiger partial charge in [-0.1, -0.05) is 5.94 Å². The predicted octanol–water partition coefficient (Wildman–Crippen LogP) is 0.321. The third-order valence-electron chi connectivity index (χ3n) is 0. The topological polar surface area (TPSA) is 20.2 Å². The van der Waals surface area contributed by atoms with Crippen LogP contribution in [0.1, 0.15) is 6.92 Å². The van der Waals surface area contributed by atoms with Gasteiger partial charge in [-0.25, -0.2) is 0 Å². The van der Waals surface area contributed by atoms with E-state index in [9.17, 15) is 0 Å². The predicted molar refractivity (Wildman–Crippen MR) is 25.5 cm³/mol. The van der Waals surface area contributed by atoms with E-state index >= 15 is 0 Å². The van der Waals surface area contributed by atoms with E-state index in [2.05, 4.69) is 19.6 Å². The first-order valence-corrected chi connectivity index (χ1v) is 1.89. The number of hydrogen-bond acceptors (Lipinski definition) is 2. The second kappa shape index (κ2) is 32.3. The smallest absolute Gasteiger partial charge is 0.765 e. The molecule has 0 bridgehead atoms. The van der Waals surface area contributed by atoms with Crippen LogP contribution in [-0.2, 0) is 45.3 Å². The van der Waals surface area contributed by atoms with E-state index in [1.165, 1.54) is 0 Å². The molecule has 0 aromatic carbocycles. The molecule has 34 valence electrons. The molecule has 3 heteroatoms. The van der Waals surface area contributed by atoms with Crippen molar-refractivity contribution in [2.45, 2.75) is 6.92 Å². The van der Waals surface area contributed by atoms with Crippen LogP contribution in [0.2, 0.25) is 0 Å². The van der Waals surface area contributed by atoms with Crippen LogP contribution in [0.25, 0.3) is 0 Å². The maximum Gasteiger partial charge on any atom is 3.00 e. The van der Waals surface area contributed by atoms with Crippen molar-refractivity contribution >= 4 is 12.6 Å². The Morgan fingerprint density at radius 1 is 1.67 bits per heavy atom. The molecule has 0 aromatic heterocycles. The first-order valence-electron chi connectivity index (χ1n) is 1.31. The third-order valence-corrected chi connectivity index (χ3v) is 0. The molecule has 0 saturated carbocycles. The zero-order valence-electron chi connectivity index (χ0n) is 3.85. The Morgan fingerprint density at radius 3 is 1.67 bits per heavy atom. The summed E-state index contributed by atoms with van der Waals surface area (Å²) < 4.78 is 0. The quantitative estimate of drug-likeness (QED) is 0.429. The average Bonchev–Trinajstić information content (AvgIpc) is 1.46. The molecule has 0 rings (SSSR count). The van der Waals surface area contributed by atoms with Gasteiger partial charge in [-0.2, -0.15) is 6.92 Å². The Morgan fingerprint density at radius 2 is 1.67 bits per heavy atom. The minimum Gasteiger partial charge on any atom is -0.765 e. The van der Waals surface area contributed by atoms with E-state index in [1.807, 2.05) is 0 Å². The summed E-state index contributed by atoms with van der Waals surface area (Å²) in [6, 6.07) is 0. The summed E-state index contributed by atoms with van der Waals surface area (Å²) in [6.07, 6.45) is 0. The van der Waals surface area contributed by atoms with Gasteiger partial charge in [0, 0.05) is 0 Å². The number of rotatable bonds is 0. The van der Waals surface area contributed by atoms with Crippen LogP contribution in [0.15, 0.2) is 0 Å². The number of hydrogen-bond donors (Lipinski definition) is 1. The molecule has 1 N–H and O–H groups in total. The molecule has 0 aliphatic heterocycles. The maximum absolute atomic E-state index is 7.38. The van der Waals surface area contributed by atoms with Crippen molar-refractivity contribution in [3.05, 3.63) is 6.92 Å². The summed E-state index contributed by atoms with van der Waals surface area (Å²) in [6.45, 7) is 5.00. The van der Waals surface area contributed by atoms with Crippen LogP contribution >= 0.6 is 0 Å². The SMILES string of the molecule is OC[S-].[CH2-]C.[Y+3]. The van der Waals surface area contributed by atoms with Crippen LogP contribution in [0.5, 0.6) is 0 Å². The molecule has 1 nitrogen and oxygen atoms in total. The van der Waals surface area contributed by atoms with E-state index in [4.69, 9.17) is 5.11 Å². The Kier molecular flexibility index (Phi) is 84.2. The van der Waals surface area contributed by atoms with Gasteiger partial charge in [0.25, 0.3) is 0 Å². The van der Waals surface area contributed by atoms with Crippen LogP contribution in [0.4, 0.5) is 0 Å². The molecule has 0 amide bonds. The monoisotopic (exact) mass is 181 g/mol. The summed E-state index contributed by atoms with van der Waals surface area (Å²) >= 11 is 3.95. The van der Waals surface area contributed by atoms with Crippen LogP contribution in [0.3, 0.4) is 0 Å². The molecule has 0 aromatic rings. The molecule has 0 aliphatic rings. The first kappa shape index (κ1) is 15.7. The van der Waals surface area contributed by atoms with Gasteiger partial charge in [0.2, 0.25) is 0 Å². The Hall–Kier alpha value is 1.41. The fraction of sp³-hybridized carbons (Fsp3) is 0.667. The summed E-state index contributed by atoms with van der Waals surface area (Å²) in [5, 5.41) is 7.38. The second-order valence-electron chi connectivity index (χ2n) is 0.129. The fourth-order valence-electron chi connectivity index (χ4n) is 0. The Balaban J connectivity index is -0.0000000275. The summed E-state index contributed by atoms with van der Waals surface area (Å²) in [5.74, 6) is -0.167. The van der Waals surface area contributed by atoms with Gasteiger partial charge in [0.15, 0.2) is 0 Å². The third kappa shape index (κ3) is 52.8. The molecule has 0 spiro atoms. The zero-order valence-corrected chi connectivity index (χ0v) is 7.50. The minimum atomic E-state index is -0.167. The van der Waals surface area contributed by atoms with Crippen molar-refractivity contribution in [2.75, 3.05) is 5.94 Å². The Bertz CT molecular complexity index is 10.8. The average molecular weight is 181 g/mol. The van der Waals surface area contributed by atoms with Crippen molar-refractivity contribution in [2.24, 2.45) is 0 Å². The molecular weight excluding hydrogens is 173 g/mol. The largest absolute Gasteiger partial charge is 3.00 e. The molecule has 0 heterocycles. The zero-order chi connectivity index (χ0) is 4.71. The molecule has 0 radical (unpaired) electrons. The summed E-state index contributed by atoms with van der Waals surface area (Å²) in [5.41, 5.74) is 0. The number of aliphatic hydroxyl groups excluding tert-OH is 1. The second-order valence-corrected chi connectivity index (χ2v) is 0.387. The normalized spacial score (nSPS) is 4.00. The van der Waals surface area contributed by atoms with Gasteiger partial charge in [0.05, 0.1) is 0 Å². The van der Waals surface area contributed by atoms with Crippen molar-refractivity contribution in [3.63, 3.8) is 0 Å². The van der Waals surface area contributed by atoms with E-state index < -0.39 is 0 Å². The van der Waals surface area contributed by atoms with E-state index in [1.54, 1.807) is 6.92 Å². The van der Waals surface area contributed by atoms with Crippen molar-refractivity contribution in [1.29, 1.82) is 0 Å². The molecule has 0 aliphatic carbocycles. The molecule has 6 heavy (non-hydrogen) atoms. The van der Waals surface area contributed by atoms with Gasteiger partial charge in [-0.3, -0.25) is 0 Å². The van der Waals surface area contributed by atoms with Crippen molar-refractivity contribution in [3.8, 4) is 0 Å². The van der Waals surface area contributed by atoms with Crippen LogP contribution in [0, 0.1) is 6.92 Å². The molecule has 0 saturated heterocycles. The van der Waals surface area contributed by atoms with Crippen LogP contribution in [-0.4, -0.2) is 11.0 Å². The van der Waals surface area contributed by atoms with Crippen molar-refractivity contribution < 1.29 is 37.8 Å². The van der Waals surface area contributed by atoms with Gasteiger partial charge < -0.3 is 24.7 Å². The molecular formula is C3H8OSY+. The van der Waals surface area contributed by atoms with Gasteiger partial charge in [0.1, 0.15) is 0 Å². The van der Waals surface area contributed by atoms with Gasteiger partial charge in [-0.05, 0) is 0 Å². The van der Waals surface area contributed by atoms with E-state index in [0.29, 0.717) is 0 Å². The minimum absolute atomic E-state index is 0. The van der Waals surface area contributed by atoms with Gasteiger partial charge >= 0.3 is 32.7 Å². The number of aliphatic hydroxyl groups is 1. The molecule has 0 unspecified atom stereocenters. The summed E-state index contributed by atoms with van der Waals surface area (Å²) in [7, 11) is 0. The van der Waals surface area contributed by atoms with E-state index in [0.717, 1.165) is 0 Å². The first-order chi connectivity index (χ1) is 2.41. The molecule has 0 atom stereocenters. The van der Waals surface area contributed by atoms with E-state index in [-0.39, 0.29) is 38.6 Å². The fourth-order valence-corrected chi connectivity index (χ4v) is 0. The standard InChI is InChI=1S/C2H5.CH4OS.Y/c1-2;2-1-3;/h1H2,2H3;2-3H,1H2;/q-1;;+3/p-1. The van der Waals surface area contributed by atoms with Gasteiger partial charge in [-0.15, -0.1) is 0 Å². The van der Waals surface area contributed by atoms with Crippen LogP contribution < -0.4 is 0 Å².